The summed E-state index contributed by atoms with van der Waals surface area (Å²) in [4.78, 5) is 0. The fourth-order valence-electron chi connectivity index (χ4n) is 2.17. The fourth-order valence-corrected chi connectivity index (χ4v) is 2.88. The summed E-state index contributed by atoms with van der Waals surface area (Å²) in [6.45, 7) is 0.462. The lowest BCUT2D eigenvalue weighted by molar-refractivity contribution is 0.575. The highest BCUT2D eigenvalue weighted by molar-refractivity contribution is 7.99. The van der Waals surface area contributed by atoms with Crippen molar-refractivity contribution >= 4 is 11.8 Å². The summed E-state index contributed by atoms with van der Waals surface area (Å²) in [6.07, 6.45) is 0. The second-order valence-electron chi connectivity index (χ2n) is 4.74. The zero-order valence-electron chi connectivity index (χ0n) is 12.1. The summed E-state index contributed by atoms with van der Waals surface area (Å²) in [5, 5.41) is 8.81. The van der Waals surface area contributed by atoms with Crippen LogP contribution in [-0.2, 0) is 0 Å². The Morgan fingerprint density at radius 3 is 2.52 bits per heavy atom. The highest BCUT2D eigenvalue weighted by Gasteiger charge is 2.18. The summed E-state index contributed by atoms with van der Waals surface area (Å²) in [5.74, 6) is -0.181. The van der Waals surface area contributed by atoms with Gasteiger partial charge in [-0.25, -0.2) is 8.78 Å². The first-order valence-corrected chi connectivity index (χ1v) is 7.98. The van der Waals surface area contributed by atoms with E-state index in [0.29, 0.717) is 23.3 Å². The van der Waals surface area contributed by atoms with E-state index in [2.05, 4.69) is 10.2 Å². The van der Waals surface area contributed by atoms with Crippen LogP contribution in [0.25, 0.3) is 17.1 Å². The maximum absolute atomic E-state index is 14.3. The van der Waals surface area contributed by atoms with Crippen LogP contribution in [0.15, 0.2) is 53.7 Å². The average molecular weight is 332 g/mol. The summed E-state index contributed by atoms with van der Waals surface area (Å²) >= 11 is 1.37. The minimum absolute atomic E-state index is 0.203. The van der Waals surface area contributed by atoms with Crippen molar-refractivity contribution in [2.45, 2.75) is 5.16 Å². The van der Waals surface area contributed by atoms with Gasteiger partial charge in [-0.1, -0.05) is 42.1 Å². The molecule has 0 radical (unpaired) electrons. The number of halogens is 2. The minimum Gasteiger partial charge on any atom is -0.330 e. The van der Waals surface area contributed by atoms with E-state index in [1.807, 2.05) is 30.3 Å². The van der Waals surface area contributed by atoms with Gasteiger partial charge in [0.2, 0.25) is 0 Å². The van der Waals surface area contributed by atoms with Crippen LogP contribution in [0.2, 0.25) is 0 Å². The number of thioether (sulfide) groups is 1. The monoisotopic (exact) mass is 332 g/mol. The maximum atomic E-state index is 14.3. The van der Waals surface area contributed by atoms with E-state index in [9.17, 15) is 8.78 Å². The molecule has 3 aromatic rings. The third kappa shape index (κ3) is 3.25. The molecule has 0 saturated heterocycles. The zero-order chi connectivity index (χ0) is 16.2. The van der Waals surface area contributed by atoms with Crippen molar-refractivity contribution < 1.29 is 8.78 Å². The minimum atomic E-state index is -0.670. The molecule has 1 aromatic heterocycles. The van der Waals surface area contributed by atoms with E-state index in [4.69, 9.17) is 5.73 Å². The van der Waals surface area contributed by atoms with Gasteiger partial charge in [0.05, 0.1) is 5.69 Å². The first-order chi connectivity index (χ1) is 11.2. The third-order valence-corrected chi connectivity index (χ3v) is 4.13. The smallest absolute Gasteiger partial charge is 0.196 e. The highest BCUT2D eigenvalue weighted by Crippen LogP contribution is 2.29. The third-order valence-electron chi connectivity index (χ3n) is 3.16. The van der Waals surface area contributed by atoms with Gasteiger partial charge in [-0.15, -0.1) is 10.2 Å². The Balaban J connectivity index is 2.17. The van der Waals surface area contributed by atoms with Crippen molar-refractivity contribution in [3.05, 3.63) is 60.2 Å². The van der Waals surface area contributed by atoms with E-state index in [-0.39, 0.29) is 5.69 Å². The molecule has 3 rings (SSSR count). The van der Waals surface area contributed by atoms with Crippen molar-refractivity contribution in [3.8, 4) is 17.1 Å². The summed E-state index contributed by atoms with van der Waals surface area (Å²) < 4.78 is 29.1. The van der Waals surface area contributed by atoms with Crippen LogP contribution >= 0.6 is 11.8 Å². The predicted molar refractivity (Wildman–Crippen MR) is 86.5 cm³/mol. The molecule has 0 aliphatic carbocycles. The number of aromatic nitrogens is 3. The van der Waals surface area contributed by atoms with Crippen molar-refractivity contribution in [1.29, 1.82) is 0 Å². The van der Waals surface area contributed by atoms with Gasteiger partial charge in [0, 0.05) is 23.9 Å². The SMILES string of the molecule is NCCSc1nnc(-c2ccccc2)n1-c1ccc(F)cc1F. The second kappa shape index (κ2) is 6.89. The van der Waals surface area contributed by atoms with Crippen LogP contribution in [0.1, 0.15) is 0 Å². The molecule has 7 heteroatoms. The lowest BCUT2D eigenvalue weighted by atomic mass is 10.2. The van der Waals surface area contributed by atoms with Crippen LogP contribution in [0, 0.1) is 11.6 Å². The molecule has 0 unspecified atom stereocenters. The molecule has 2 N–H and O–H groups in total. The number of benzene rings is 2. The number of hydrogen-bond acceptors (Lipinski definition) is 4. The maximum Gasteiger partial charge on any atom is 0.196 e. The van der Waals surface area contributed by atoms with Gasteiger partial charge in [-0.3, -0.25) is 4.57 Å². The Morgan fingerprint density at radius 1 is 1.04 bits per heavy atom. The van der Waals surface area contributed by atoms with Gasteiger partial charge < -0.3 is 5.73 Å². The number of nitrogens with two attached hydrogens (primary N) is 1. The molecular formula is C16H14F2N4S. The molecule has 118 valence electrons. The topological polar surface area (TPSA) is 56.7 Å². The van der Waals surface area contributed by atoms with E-state index in [1.54, 1.807) is 4.57 Å². The van der Waals surface area contributed by atoms with E-state index >= 15 is 0 Å². The molecule has 4 nitrogen and oxygen atoms in total. The van der Waals surface area contributed by atoms with E-state index in [1.165, 1.54) is 23.9 Å². The van der Waals surface area contributed by atoms with Crippen molar-refractivity contribution in [3.63, 3.8) is 0 Å². The Kier molecular flexibility index (Phi) is 4.68. The zero-order valence-corrected chi connectivity index (χ0v) is 12.9. The van der Waals surface area contributed by atoms with Crippen LogP contribution in [-0.4, -0.2) is 27.1 Å². The molecular weight excluding hydrogens is 318 g/mol. The molecule has 2 aromatic carbocycles. The summed E-state index contributed by atoms with van der Waals surface area (Å²) in [6, 6.07) is 12.8. The quantitative estimate of drug-likeness (QED) is 0.729. The molecule has 0 atom stereocenters. The molecule has 0 aliphatic heterocycles. The molecule has 1 heterocycles. The fraction of sp³-hybridized carbons (Fsp3) is 0.125. The lowest BCUT2D eigenvalue weighted by Crippen LogP contribution is -2.05. The number of hydrogen-bond donors (Lipinski definition) is 1. The van der Waals surface area contributed by atoms with Crippen molar-refractivity contribution in [2.24, 2.45) is 5.73 Å². The van der Waals surface area contributed by atoms with Gasteiger partial charge in [0.25, 0.3) is 0 Å². The molecule has 0 bridgehead atoms. The van der Waals surface area contributed by atoms with Crippen LogP contribution in [0.5, 0.6) is 0 Å². The van der Waals surface area contributed by atoms with Gasteiger partial charge in [0.1, 0.15) is 11.6 Å². The first-order valence-electron chi connectivity index (χ1n) is 7.00. The molecule has 0 spiro atoms. The first kappa shape index (κ1) is 15.6. The normalized spacial score (nSPS) is 10.9. The average Bonchev–Trinajstić information content (AvgIpc) is 2.97. The number of rotatable bonds is 5. The number of nitrogens with zero attached hydrogens (tertiary/aromatic N) is 3. The standard InChI is InChI=1S/C16H14F2N4S/c17-12-6-7-14(13(18)10-12)22-15(11-4-2-1-3-5-11)20-21-16(22)23-9-8-19/h1-7,10H,8-9,19H2. The largest absolute Gasteiger partial charge is 0.330 e. The highest BCUT2D eigenvalue weighted by atomic mass is 32.2. The van der Waals surface area contributed by atoms with Crippen molar-refractivity contribution in [2.75, 3.05) is 12.3 Å². The molecule has 0 aliphatic rings. The molecule has 23 heavy (non-hydrogen) atoms. The van der Waals surface area contributed by atoms with Gasteiger partial charge in [0.15, 0.2) is 11.0 Å². The van der Waals surface area contributed by atoms with Gasteiger partial charge in [-0.2, -0.15) is 0 Å². The van der Waals surface area contributed by atoms with Crippen LogP contribution in [0.3, 0.4) is 0 Å². The van der Waals surface area contributed by atoms with Crippen LogP contribution < -0.4 is 5.73 Å². The molecule has 0 saturated carbocycles. The van der Waals surface area contributed by atoms with E-state index in [0.717, 1.165) is 11.6 Å². The van der Waals surface area contributed by atoms with Crippen molar-refractivity contribution in [1.82, 2.24) is 14.8 Å². The Hall–Kier alpha value is -2.25. The Bertz CT molecular complexity index is 805. The predicted octanol–water partition coefficient (Wildman–Crippen LogP) is 3.26. The second-order valence-corrected chi connectivity index (χ2v) is 5.80. The molecule has 0 fully saturated rings. The Morgan fingerprint density at radius 2 is 1.83 bits per heavy atom. The summed E-state index contributed by atoms with van der Waals surface area (Å²) in [5.41, 5.74) is 6.53. The van der Waals surface area contributed by atoms with Gasteiger partial charge in [-0.05, 0) is 12.1 Å². The van der Waals surface area contributed by atoms with Gasteiger partial charge >= 0.3 is 0 Å². The Labute approximate surface area is 136 Å². The lowest BCUT2D eigenvalue weighted by Gasteiger charge is -2.11. The molecule has 0 amide bonds. The summed E-state index contributed by atoms with van der Waals surface area (Å²) in [7, 11) is 0. The van der Waals surface area contributed by atoms with Crippen LogP contribution in [0.4, 0.5) is 8.78 Å². The van der Waals surface area contributed by atoms with E-state index < -0.39 is 11.6 Å².